The first-order valence-electron chi connectivity index (χ1n) is 7.19. The Kier molecular flexibility index (Phi) is 5.22. The van der Waals surface area contributed by atoms with E-state index in [-0.39, 0.29) is 11.7 Å². The van der Waals surface area contributed by atoms with Gasteiger partial charge in [0.25, 0.3) is 5.91 Å². The number of thioether (sulfide) groups is 1. The van der Waals surface area contributed by atoms with Crippen LogP contribution in [0, 0.1) is 12.7 Å². The van der Waals surface area contributed by atoms with Crippen molar-refractivity contribution in [2.75, 3.05) is 5.32 Å². The minimum atomic E-state index is -0.249. The Labute approximate surface area is 147 Å². The number of carbonyl (C=O) groups is 1. The topological polar surface area (TPSA) is 54.9 Å². The monoisotopic (exact) mass is 359 g/mol. The van der Waals surface area contributed by atoms with E-state index in [1.165, 1.54) is 35.2 Å². The molecule has 0 bridgehead atoms. The van der Waals surface area contributed by atoms with Gasteiger partial charge in [-0.15, -0.1) is 10.2 Å². The SMILES string of the molecule is Cc1cccc(C(=O)Nc2nnc(SCc3ccc(F)cc3)s2)c1. The van der Waals surface area contributed by atoms with E-state index < -0.39 is 0 Å². The molecule has 0 aliphatic heterocycles. The van der Waals surface area contributed by atoms with E-state index in [0.717, 1.165) is 15.5 Å². The fourth-order valence-corrected chi connectivity index (χ4v) is 3.70. The lowest BCUT2D eigenvalue weighted by molar-refractivity contribution is 0.102. The summed E-state index contributed by atoms with van der Waals surface area (Å²) >= 11 is 2.81. The standard InChI is InChI=1S/C17H14FN3OS2/c1-11-3-2-4-13(9-11)15(22)19-16-20-21-17(24-16)23-10-12-5-7-14(18)8-6-12/h2-9H,10H2,1H3,(H,19,20,22). The molecule has 1 aromatic heterocycles. The highest BCUT2D eigenvalue weighted by molar-refractivity contribution is 8.00. The summed E-state index contributed by atoms with van der Waals surface area (Å²) in [6.07, 6.45) is 0. The lowest BCUT2D eigenvalue weighted by Crippen LogP contribution is -2.11. The zero-order chi connectivity index (χ0) is 16.9. The van der Waals surface area contributed by atoms with Crippen molar-refractivity contribution >= 4 is 34.1 Å². The number of amides is 1. The second-order valence-electron chi connectivity index (χ2n) is 5.11. The summed E-state index contributed by atoms with van der Waals surface area (Å²) < 4.78 is 13.6. The molecular formula is C17H14FN3OS2. The van der Waals surface area contributed by atoms with Gasteiger partial charge in [-0.1, -0.05) is 52.9 Å². The van der Waals surface area contributed by atoms with Crippen molar-refractivity contribution in [1.82, 2.24) is 10.2 Å². The summed E-state index contributed by atoms with van der Waals surface area (Å²) in [7, 11) is 0. The Morgan fingerprint density at radius 1 is 1.21 bits per heavy atom. The van der Waals surface area contributed by atoms with Crippen LogP contribution in [0.4, 0.5) is 9.52 Å². The molecule has 0 unspecified atom stereocenters. The van der Waals surface area contributed by atoms with Gasteiger partial charge in [-0.05, 0) is 36.8 Å². The van der Waals surface area contributed by atoms with E-state index in [2.05, 4.69) is 15.5 Å². The van der Waals surface area contributed by atoms with Crippen LogP contribution < -0.4 is 5.32 Å². The lowest BCUT2D eigenvalue weighted by atomic mass is 10.1. The average Bonchev–Trinajstić information content (AvgIpc) is 3.02. The third kappa shape index (κ3) is 4.39. The highest BCUT2D eigenvalue weighted by Gasteiger charge is 2.10. The number of carbonyl (C=O) groups excluding carboxylic acids is 1. The molecule has 122 valence electrons. The third-order valence-electron chi connectivity index (χ3n) is 3.18. The highest BCUT2D eigenvalue weighted by atomic mass is 32.2. The molecular weight excluding hydrogens is 345 g/mol. The van der Waals surface area contributed by atoms with E-state index >= 15 is 0 Å². The maximum Gasteiger partial charge on any atom is 0.257 e. The number of halogens is 1. The number of anilines is 1. The Bertz CT molecular complexity index is 849. The molecule has 3 rings (SSSR count). The van der Waals surface area contributed by atoms with Gasteiger partial charge in [-0.3, -0.25) is 10.1 Å². The molecule has 0 saturated carbocycles. The second kappa shape index (κ2) is 7.55. The van der Waals surface area contributed by atoms with Crippen molar-refractivity contribution in [1.29, 1.82) is 0 Å². The summed E-state index contributed by atoms with van der Waals surface area (Å²) in [4.78, 5) is 12.2. The van der Waals surface area contributed by atoms with E-state index in [4.69, 9.17) is 0 Å². The number of hydrogen-bond acceptors (Lipinski definition) is 5. The number of nitrogens with zero attached hydrogens (tertiary/aromatic N) is 2. The van der Waals surface area contributed by atoms with Crippen LogP contribution in [0.5, 0.6) is 0 Å². The van der Waals surface area contributed by atoms with Crippen molar-refractivity contribution in [3.8, 4) is 0 Å². The molecule has 1 N–H and O–H groups in total. The molecule has 0 saturated heterocycles. The van der Waals surface area contributed by atoms with E-state index in [9.17, 15) is 9.18 Å². The van der Waals surface area contributed by atoms with Gasteiger partial charge in [0.2, 0.25) is 5.13 Å². The van der Waals surface area contributed by atoms with Crippen molar-refractivity contribution < 1.29 is 9.18 Å². The Balaban J connectivity index is 1.59. The number of hydrogen-bond donors (Lipinski definition) is 1. The van der Waals surface area contributed by atoms with Gasteiger partial charge in [-0.25, -0.2) is 4.39 Å². The predicted octanol–water partition coefficient (Wildman–Crippen LogP) is 4.53. The maximum absolute atomic E-state index is 12.9. The van der Waals surface area contributed by atoms with Gasteiger partial charge in [0, 0.05) is 11.3 Å². The number of rotatable bonds is 5. The maximum atomic E-state index is 12.9. The summed E-state index contributed by atoms with van der Waals surface area (Å²) in [5.41, 5.74) is 2.61. The van der Waals surface area contributed by atoms with Crippen LogP contribution in [-0.2, 0) is 5.75 Å². The van der Waals surface area contributed by atoms with Gasteiger partial charge in [0.15, 0.2) is 4.34 Å². The number of aromatic nitrogens is 2. The zero-order valence-electron chi connectivity index (χ0n) is 12.8. The molecule has 0 fully saturated rings. The van der Waals surface area contributed by atoms with Gasteiger partial charge >= 0.3 is 0 Å². The van der Waals surface area contributed by atoms with E-state index in [0.29, 0.717) is 16.4 Å². The molecule has 4 nitrogen and oxygen atoms in total. The summed E-state index contributed by atoms with van der Waals surface area (Å²) in [5, 5.41) is 11.3. The van der Waals surface area contributed by atoms with Crippen molar-refractivity contribution in [3.63, 3.8) is 0 Å². The highest BCUT2D eigenvalue weighted by Crippen LogP contribution is 2.28. The first-order valence-corrected chi connectivity index (χ1v) is 8.99. The fourth-order valence-electron chi connectivity index (χ4n) is 2.00. The van der Waals surface area contributed by atoms with Gasteiger partial charge < -0.3 is 0 Å². The fraction of sp³-hybridized carbons (Fsp3) is 0.118. The molecule has 0 atom stereocenters. The number of benzene rings is 2. The van der Waals surface area contributed by atoms with Crippen LogP contribution in [-0.4, -0.2) is 16.1 Å². The van der Waals surface area contributed by atoms with Crippen LogP contribution in [0.1, 0.15) is 21.5 Å². The molecule has 1 heterocycles. The Hall–Kier alpha value is -2.25. The molecule has 3 aromatic rings. The summed E-state index contributed by atoms with van der Waals surface area (Å²) in [5.74, 6) is 0.214. The van der Waals surface area contributed by atoms with Crippen LogP contribution in [0.3, 0.4) is 0 Å². The van der Waals surface area contributed by atoms with Gasteiger partial charge in [-0.2, -0.15) is 0 Å². The predicted molar refractivity (Wildman–Crippen MR) is 95.0 cm³/mol. The van der Waals surface area contributed by atoms with Crippen molar-refractivity contribution in [2.45, 2.75) is 17.0 Å². The van der Waals surface area contributed by atoms with Gasteiger partial charge in [0.05, 0.1) is 0 Å². The molecule has 0 spiro atoms. The number of nitrogens with one attached hydrogen (secondary N) is 1. The summed E-state index contributed by atoms with van der Waals surface area (Å²) in [6.45, 7) is 1.94. The lowest BCUT2D eigenvalue weighted by Gasteiger charge is -2.01. The molecule has 0 aliphatic rings. The Morgan fingerprint density at radius 3 is 2.75 bits per heavy atom. The Morgan fingerprint density at radius 2 is 2.00 bits per heavy atom. The van der Waals surface area contributed by atoms with E-state index in [1.807, 2.05) is 25.1 Å². The quantitative estimate of drug-likeness (QED) is 0.537. The van der Waals surface area contributed by atoms with E-state index in [1.54, 1.807) is 18.2 Å². The van der Waals surface area contributed by atoms with Crippen LogP contribution >= 0.6 is 23.1 Å². The minimum Gasteiger partial charge on any atom is -0.296 e. The number of aryl methyl sites for hydroxylation is 1. The van der Waals surface area contributed by atoms with Crippen LogP contribution in [0.25, 0.3) is 0 Å². The van der Waals surface area contributed by atoms with Crippen molar-refractivity contribution in [2.24, 2.45) is 0 Å². The van der Waals surface area contributed by atoms with Crippen LogP contribution in [0.15, 0.2) is 52.9 Å². The largest absolute Gasteiger partial charge is 0.296 e. The molecule has 7 heteroatoms. The smallest absolute Gasteiger partial charge is 0.257 e. The molecule has 0 aliphatic carbocycles. The second-order valence-corrected chi connectivity index (χ2v) is 7.31. The average molecular weight is 359 g/mol. The normalized spacial score (nSPS) is 10.6. The molecule has 2 aromatic carbocycles. The first kappa shape index (κ1) is 16.6. The van der Waals surface area contributed by atoms with Crippen molar-refractivity contribution in [3.05, 3.63) is 71.0 Å². The molecule has 0 radical (unpaired) electrons. The zero-order valence-corrected chi connectivity index (χ0v) is 14.5. The summed E-state index contributed by atoms with van der Waals surface area (Å²) in [6, 6.07) is 13.7. The van der Waals surface area contributed by atoms with Gasteiger partial charge in [0.1, 0.15) is 5.82 Å². The molecule has 1 amide bonds. The first-order chi connectivity index (χ1) is 11.6. The minimum absolute atomic E-state index is 0.204. The third-order valence-corrected chi connectivity index (χ3v) is 5.23. The molecule has 24 heavy (non-hydrogen) atoms. The van der Waals surface area contributed by atoms with Crippen LogP contribution in [0.2, 0.25) is 0 Å².